The lowest BCUT2D eigenvalue weighted by atomic mass is 10.3. The third-order valence-corrected chi connectivity index (χ3v) is 1.68. The summed E-state index contributed by atoms with van der Waals surface area (Å²) in [5.74, 6) is 0.506. The normalized spacial score (nSPS) is 10.1. The standard InChI is InChI=1S/C9H8N4O/c1-6-2-12-9(13-3-6)7-4-11-8(14)5-10-7/h2-5H,1H3,(H,11,14). The molecule has 2 aromatic rings. The summed E-state index contributed by atoms with van der Waals surface area (Å²) in [7, 11) is 0. The third-order valence-electron chi connectivity index (χ3n) is 1.68. The highest BCUT2D eigenvalue weighted by atomic mass is 16.1. The molecule has 2 rings (SSSR count). The first-order chi connectivity index (χ1) is 6.75. The highest BCUT2D eigenvalue weighted by Gasteiger charge is 2.00. The summed E-state index contributed by atoms with van der Waals surface area (Å²) < 4.78 is 0. The van der Waals surface area contributed by atoms with Crippen molar-refractivity contribution >= 4 is 0 Å². The van der Waals surface area contributed by atoms with Crippen molar-refractivity contribution in [2.45, 2.75) is 6.92 Å². The Kier molecular flexibility index (Phi) is 2.06. The van der Waals surface area contributed by atoms with E-state index in [0.29, 0.717) is 11.5 Å². The van der Waals surface area contributed by atoms with Crippen LogP contribution in [-0.2, 0) is 0 Å². The number of aryl methyl sites for hydroxylation is 1. The molecular formula is C9H8N4O. The SMILES string of the molecule is Cc1cnc(-c2c[nH]c(=O)cn2)nc1. The summed E-state index contributed by atoms with van der Waals surface area (Å²) in [6, 6.07) is 0. The molecule has 0 aliphatic rings. The predicted octanol–water partition coefficient (Wildman–Crippen LogP) is 0.535. The van der Waals surface area contributed by atoms with Gasteiger partial charge in [0, 0.05) is 18.6 Å². The smallest absolute Gasteiger partial charge is 0.266 e. The number of aromatic amines is 1. The molecule has 0 aliphatic carbocycles. The monoisotopic (exact) mass is 188 g/mol. The van der Waals surface area contributed by atoms with E-state index in [1.165, 1.54) is 12.4 Å². The van der Waals surface area contributed by atoms with E-state index in [9.17, 15) is 4.79 Å². The fourth-order valence-electron chi connectivity index (χ4n) is 0.989. The van der Waals surface area contributed by atoms with Crippen LogP contribution in [0.4, 0.5) is 0 Å². The fraction of sp³-hybridized carbons (Fsp3) is 0.111. The van der Waals surface area contributed by atoms with Crippen LogP contribution in [0.2, 0.25) is 0 Å². The molecule has 0 aliphatic heterocycles. The Morgan fingerprint density at radius 1 is 1.14 bits per heavy atom. The Morgan fingerprint density at radius 3 is 2.43 bits per heavy atom. The van der Waals surface area contributed by atoms with Crippen LogP contribution in [0.15, 0.2) is 29.6 Å². The maximum Gasteiger partial charge on any atom is 0.266 e. The Morgan fingerprint density at radius 2 is 1.86 bits per heavy atom. The Labute approximate surface area is 79.9 Å². The van der Waals surface area contributed by atoms with Gasteiger partial charge in [-0.1, -0.05) is 0 Å². The molecule has 0 spiro atoms. The van der Waals surface area contributed by atoms with Crippen LogP contribution in [0.3, 0.4) is 0 Å². The first-order valence-electron chi connectivity index (χ1n) is 4.09. The minimum atomic E-state index is -0.235. The Hall–Kier alpha value is -2.04. The maximum atomic E-state index is 10.7. The highest BCUT2D eigenvalue weighted by molar-refractivity contribution is 5.45. The average molecular weight is 188 g/mol. The topological polar surface area (TPSA) is 71.5 Å². The van der Waals surface area contributed by atoms with E-state index in [2.05, 4.69) is 19.9 Å². The first-order valence-corrected chi connectivity index (χ1v) is 4.09. The Bertz CT molecular complexity index is 468. The lowest BCUT2D eigenvalue weighted by molar-refractivity contribution is 1.07. The number of hydrogen-bond acceptors (Lipinski definition) is 4. The van der Waals surface area contributed by atoms with Gasteiger partial charge < -0.3 is 4.98 Å². The van der Waals surface area contributed by atoms with Crippen LogP contribution in [-0.4, -0.2) is 19.9 Å². The summed E-state index contributed by atoms with van der Waals surface area (Å²) in [6.45, 7) is 1.91. The number of H-pyrrole nitrogens is 1. The van der Waals surface area contributed by atoms with Crippen LogP contribution >= 0.6 is 0 Å². The van der Waals surface area contributed by atoms with Crippen LogP contribution < -0.4 is 5.56 Å². The second kappa shape index (κ2) is 3.37. The van der Waals surface area contributed by atoms with Gasteiger partial charge in [-0.05, 0) is 12.5 Å². The van der Waals surface area contributed by atoms with Crippen LogP contribution in [0.5, 0.6) is 0 Å². The van der Waals surface area contributed by atoms with Gasteiger partial charge in [-0.2, -0.15) is 0 Å². The molecule has 0 saturated carbocycles. The summed E-state index contributed by atoms with van der Waals surface area (Å²) in [5.41, 5.74) is 1.31. The lowest BCUT2D eigenvalue weighted by Crippen LogP contribution is -2.05. The van der Waals surface area contributed by atoms with Gasteiger partial charge in [-0.3, -0.25) is 4.79 Å². The van der Waals surface area contributed by atoms with Gasteiger partial charge in [-0.25, -0.2) is 15.0 Å². The van der Waals surface area contributed by atoms with Crippen LogP contribution in [0.1, 0.15) is 5.56 Å². The number of nitrogens with one attached hydrogen (secondary N) is 1. The van der Waals surface area contributed by atoms with E-state index < -0.39 is 0 Å². The van der Waals surface area contributed by atoms with E-state index in [-0.39, 0.29) is 5.56 Å². The molecule has 0 unspecified atom stereocenters. The van der Waals surface area contributed by atoms with Gasteiger partial charge in [-0.15, -0.1) is 0 Å². The van der Waals surface area contributed by atoms with Crippen LogP contribution in [0.25, 0.3) is 11.5 Å². The molecule has 0 saturated heterocycles. The molecule has 0 atom stereocenters. The molecule has 0 fully saturated rings. The molecular weight excluding hydrogens is 180 g/mol. The molecule has 5 nitrogen and oxygen atoms in total. The average Bonchev–Trinajstić information content (AvgIpc) is 2.21. The second-order valence-corrected chi connectivity index (χ2v) is 2.88. The van der Waals surface area contributed by atoms with Crippen molar-refractivity contribution in [1.29, 1.82) is 0 Å². The van der Waals surface area contributed by atoms with Crippen molar-refractivity contribution in [2.24, 2.45) is 0 Å². The molecule has 2 aromatic heterocycles. The number of nitrogens with zero attached hydrogens (tertiary/aromatic N) is 3. The zero-order valence-electron chi connectivity index (χ0n) is 7.56. The van der Waals surface area contributed by atoms with E-state index in [1.54, 1.807) is 12.4 Å². The molecule has 2 heterocycles. The molecule has 5 heteroatoms. The van der Waals surface area contributed by atoms with Crippen molar-refractivity contribution in [2.75, 3.05) is 0 Å². The zero-order valence-corrected chi connectivity index (χ0v) is 7.56. The van der Waals surface area contributed by atoms with Crippen molar-refractivity contribution in [1.82, 2.24) is 19.9 Å². The molecule has 1 N–H and O–H groups in total. The second-order valence-electron chi connectivity index (χ2n) is 2.88. The van der Waals surface area contributed by atoms with Gasteiger partial charge in [0.15, 0.2) is 5.82 Å². The number of rotatable bonds is 1. The number of hydrogen-bond donors (Lipinski definition) is 1. The van der Waals surface area contributed by atoms with Crippen LogP contribution in [0, 0.1) is 6.92 Å². The van der Waals surface area contributed by atoms with E-state index >= 15 is 0 Å². The van der Waals surface area contributed by atoms with Gasteiger partial charge in [0.1, 0.15) is 5.69 Å². The van der Waals surface area contributed by atoms with Crippen molar-refractivity contribution in [3.05, 3.63) is 40.7 Å². The molecule has 0 aromatic carbocycles. The zero-order chi connectivity index (χ0) is 9.97. The molecule has 0 amide bonds. The summed E-state index contributed by atoms with van der Waals surface area (Å²) in [5, 5.41) is 0. The minimum absolute atomic E-state index is 0.235. The minimum Gasteiger partial charge on any atom is -0.325 e. The van der Waals surface area contributed by atoms with Crippen molar-refractivity contribution < 1.29 is 0 Å². The van der Waals surface area contributed by atoms with E-state index in [0.717, 1.165) is 5.56 Å². The summed E-state index contributed by atoms with van der Waals surface area (Å²) in [6.07, 6.45) is 6.11. The number of aromatic nitrogens is 4. The Balaban J connectivity index is 2.44. The van der Waals surface area contributed by atoms with E-state index in [1.807, 2.05) is 6.92 Å². The first kappa shape index (κ1) is 8.55. The third kappa shape index (κ3) is 1.66. The van der Waals surface area contributed by atoms with Crippen molar-refractivity contribution in [3.8, 4) is 11.5 Å². The van der Waals surface area contributed by atoms with E-state index in [4.69, 9.17) is 0 Å². The largest absolute Gasteiger partial charge is 0.325 e. The quantitative estimate of drug-likeness (QED) is 0.708. The maximum absolute atomic E-state index is 10.7. The predicted molar refractivity (Wildman–Crippen MR) is 50.6 cm³/mol. The fourth-order valence-corrected chi connectivity index (χ4v) is 0.989. The van der Waals surface area contributed by atoms with Gasteiger partial charge >= 0.3 is 0 Å². The lowest BCUT2D eigenvalue weighted by Gasteiger charge is -1.97. The summed E-state index contributed by atoms with van der Waals surface area (Å²) >= 11 is 0. The molecule has 70 valence electrons. The van der Waals surface area contributed by atoms with Crippen molar-refractivity contribution in [3.63, 3.8) is 0 Å². The molecule has 0 radical (unpaired) electrons. The molecule has 14 heavy (non-hydrogen) atoms. The van der Waals surface area contributed by atoms with Gasteiger partial charge in [0.05, 0.1) is 6.20 Å². The highest BCUT2D eigenvalue weighted by Crippen LogP contribution is 2.07. The molecule has 0 bridgehead atoms. The van der Waals surface area contributed by atoms with Gasteiger partial charge in [0.2, 0.25) is 0 Å². The van der Waals surface area contributed by atoms with Gasteiger partial charge in [0.25, 0.3) is 5.56 Å². The summed E-state index contributed by atoms with van der Waals surface area (Å²) in [4.78, 5) is 25.3.